The molecule has 2 aromatic carbocycles. The van der Waals surface area contributed by atoms with Gasteiger partial charge in [-0.3, -0.25) is 14.4 Å². The lowest BCUT2D eigenvalue weighted by atomic mass is 9.74. The lowest BCUT2D eigenvalue weighted by Crippen LogP contribution is -2.57. The van der Waals surface area contributed by atoms with Gasteiger partial charge in [-0.25, -0.2) is 0 Å². The van der Waals surface area contributed by atoms with Gasteiger partial charge in [0.2, 0.25) is 17.7 Å². The Morgan fingerprint density at radius 2 is 1.87 bits per heavy atom. The van der Waals surface area contributed by atoms with Crippen molar-refractivity contribution < 1.29 is 23.9 Å². The fourth-order valence-electron chi connectivity index (χ4n) is 6.94. The molecule has 8 heteroatoms. The minimum absolute atomic E-state index is 0.0603. The molecule has 204 valence electrons. The quantitative estimate of drug-likeness (QED) is 0.534. The van der Waals surface area contributed by atoms with Crippen LogP contribution < -0.4 is 15.4 Å². The number of anilines is 1. The number of ether oxygens (including phenoxy) is 2. The van der Waals surface area contributed by atoms with Gasteiger partial charge in [0, 0.05) is 24.3 Å². The molecule has 2 saturated heterocycles. The monoisotopic (exact) mass is 529 g/mol. The number of fused-ring (bicyclic) bond motifs is 1. The molecule has 2 N–H and O–H groups in total. The number of carbonyl (C=O) groups excluding carboxylic acids is 3. The Labute approximate surface area is 228 Å². The first-order chi connectivity index (χ1) is 18.9. The van der Waals surface area contributed by atoms with Crippen LogP contribution in [0.5, 0.6) is 5.75 Å². The number of rotatable bonds is 7. The standard InChI is InChI=1S/C31H35N3O5/c1-19-9-6-7-14-23(19)33-29(36)27-31-16-15-24(39-31)25(28(35)32-21-12-8-13-22(17-21)38-2)26(31)30(37)34(27)18-20-10-4-3-5-11-20/h3-5,8,10-13,15-17,19,23-27H,6-7,9,14,18H2,1-2H3,(H,32,35)(H,33,36)/t19-,23-,24+,25-,26+,27+,31+/m1/s1. The second kappa shape index (κ2) is 10.2. The van der Waals surface area contributed by atoms with Gasteiger partial charge in [0.1, 0.15) is 17.4 Å². The van der Waals surface area contributed by atoms with Crippen molar-refractivity contribution in [1.29, 1.82) is 0 Å². The predicted octanol–water partition coefficient (Wildman–Crippen LogP) is 3.68. The number of hydrogen-bond acceptors (Lipinski definition) is 5. The van der Waals surface area contributed by atoms with E-state index in [0.29, 0.717) is 17.4 Å². The van der Waals surface area contributed by atoms with Gasteiger partial charge in [0.15, 0.2) is 0 Å². The molecule has 0 aromatic heterocycles. The average Bonchev–Trinajstić information content (AvgIpc) is 3.58. The molecule has 1 saturated carbocycles. The van der Waals surface area contributed by atoms with Crippen LogP contribution in [-0.2, 0) is 25.7 Å². The number of nitrogens with one attached hydrogen (secondary N) is 2. The Morgan fingerprint density at radius 1 is 1.08 bits per heavy atom. The van der Waals surface area contributed by atoms with Crippen molar-refractivity contribution in [3.05, 3.63) is 72.3 Å². The van der Waals surface area contributed by atoms with E-state index in [1.807, 2.05) is 42.5 Å². The molecule has 2 bridgehead atoms. The molecule has 6 rings (SSSR count). The second-order valence-corrected chi connectivity index (χ2v) is 11.3. The third-order valence-electron chi connectivity index (χ3n) is 8.90. The summed E-state index contributed by atoms with van der Waals surface area (Å²) in [5.74, 6) is -1.30. The van der Waals surface area contributed by atoms with Crippen LogP contribution in [0.1, 0.15) is 38.2 Å². The number of amides is 3. The average molecular weight is 530 g/mol. The van der Waals surface area contributed by atoms with Crippen molar-refractivity contribution in [2.24, 2.45) is 17.8 Å². The van der Waals surface area contributed by atoms with Gasteiger partial charge in [0.25, 0.3) is 0 Å². The summed E-state index contributed by atoms with van der Waals surface area (Å²) in [4.78, 5) is 43.5. The first-order valence-corrected chi connectivity index (χ1v) is 13.9. The zero-order valence-corrected chi connectivity index (χ0v) is 22.3. The summed E-state index contributed by atoms with van der Waals surface area (Å²) in [6, 6.07) is 15.9. The van der Waals surface area contributed by atoms with Crippen LogP contribution >= 0.6 is 0 Å². The molecular formula is C31H35N3O5. The van der Waals surface area contributed by atoms with E-state index in [1.54, 1.807) is 36.3 Å². The molecule has 0 radical (unpaired) electrons. The maximum atomic E-state index is 14.1. The van der Waals surface area contributed by atoms with Gasteiger partial charge >= 0.3 is 0 Å². The third-order valence-corrected chi connectivity index (χ3v) is 8.90. The Kier molecular flexibility index (Phi) is 6.67. The first-order valence-electron chi connectivity index (χ1n) is 13.9. The molecule has 8 nitrogen and oxygen atoms in total. The Balaban J connectivity index is 1.32. The van der Waals surface area contributed by atoms with E-state index in [1.165, 1.54) is 6.42 Å². The Bertz CT molecular complexity index is 1300. The number of carbonyl (C=O) groups is 3. The molecule has 2 aromatic rings. The zero-order valence-electron chi connectivity index (χ0n) is 22.3. The van der Waals surface area contributed by atoms with Crippen molar-refractivity contribution in [1.82, 2.24) is 10.2 Å². The molecule has 3 aliphatic heterocycles. The normalized spacial score (nSPS) is 32.7. The molecule has 3 heterocycles. The first kappa shape index (κ1) is 25.6. The van der Waals surface area contributed by atoms with Gasteiger partial charge in [-0.1, -0.05) is 68.3 Å². The summed E-state index contributed by atoms with van der Waals surface area (Å²) in [5.41, 5.74) is 0.309. The minimum Gasteiger partial charge on any atom is -0.497 e. The van der Waals surface area contributed by atoms with E-state index >= 15 is 0 Å². The van der Waals surface area contributed by atoms with Crippen molar-refractivity contribution in [3.63, 3.8) is 0 Å². The molecule has 3 amide bonds. The predicted molar refractivity (Wildman–Crippen MR) is 146 cm³/mol. The van der Waals surface area contributed by atoms with E-state index in [-0.39, 0.29) is 30.3 Å². The lowest BCUT2D eigenvalue weighted by molar-refractivity contribution is -0.142. The molecule has 7 atom stereocenters. The van der Waals surface area contributed by atoms with E-state index in [9.17, 15) is 14.4 Å². The molecule has 4 aliphatic rings. The summed E-state index contributed by atoms with van der Waals surface area (Å²) in [5, 5.41) is 6.22. The highest BCUT2D eigenvalue weighted by atomic mass is 16.5. The smallest absolute Gasteiger partial charge is 0.246 e. The highest BCUT2D eigenvalue weighted by Gasteiger charge is 2.72. The minimum atomic E-state index is -1.19. The SMILES string of the molecule is COc1cccc(NC(=O)[C@@H]2[C@@H]3C=C[C@]4(O3)[C@@H]2C(=O)N(Cc2ccccc2)[C@H]4C(=O)N[C@@H]2CCCC[C@H]2C)c1. The number of hydrogen-bond donors (Lipinski definition) is 2. The Hall–Kier alpha value is -3.65. The lowest BCUT2D eigenvalue weighted by Gasteiger charge is -2.36. The van der Waals surface area contributed by atoms with Gasteiger partial charge in [-0.15, -0.1) is 0 Å². The van der Waals surface area contributed by atoms with Crippen molar-refractivity contribution in [2.45, 2.75) is 62.9 Å². The van der Waals surface area contributed by atoms with Crippen molar-refractivity contribution in [3.8, 4) is 5.75 Å². The van der Waals surface area contributed by atoms with Gasteiger partial charge in [-0.2, -0.15) is 0 Å². The number of likely N-dealkylation sites (tertiary alicyclic amines) is 1. The molecular weight excluding hydrogens is 494 g/mol. The van der Waals surface area contributed by atoms with E-state index in [2.05, 4.69) is 17.6 Å². The number of benzene rings is 2. The summed E-state index contributed by atoms with van der Waals surface area (Å²) in [6.45, 7) is 2.44. The van der Waals surface area contributed by atoms with Crippen LogP contribution in [0.15, 0.2) is 66.7 Å². The fourth-order valence-corrected chi connectivity index (χ4v) is 6.94. The number of nitrogens with zero attached hydrogens (tertiary/aromatic N) is 1. The van der Waals surface area contributed by atoms with E-state index in [4.69, 9.17) is 9.47 Å². The summed E-state index contributed by atoms with van der Waals surface area (Å²) in [7, 11) is 1.57. The topological polar surface area (TPSA) is 97.0 Å². The van der Waals surface area contributed by atoms with Crippen molar-refractivity contribution in [2.75, 3.05) is 12.4 Å². The van der Waals surface area contributed by atoms with Crippen LogP contribution in [0.3, 0.4) is 0 Å². The molecule has 39 heavy (non-hydrogen) atoms. The maximum absolute atomic E-state index is 14.1. The van der Waals surface area contributed by atoms with Crippen LogP contribution in [0.25, 0.3) is 0 Å². The van der Waals surface area contributed by atoms with E-state index < -0.39 is 29.6 Å². The molecule has 3 fully saturated rings. The van der Waals surface area contributed by atoms with Gasteiger partial charge < -0.3 is 25.0 Å². The van der Waals surface area contributed by atoms with Crippen LogP contribution in [0, 0.1) is 17.8 Å². The zero-order chi connectivity index (χ0) is 27.1. The van der Waals surface area contributed by atoms with Crippen LogP contribution in [0.2, 0.25) is 0 Å². The number of methoxy groups -OCH3 is 1. The Morgan fingerprint density at radius 3 is 2.64 bits per heavy atom. The van der Waals surface area contributed by atoms with Crippen molar-refractivity contribution >= 4 is 23.4 Å². The van der Waals surface area contributed by atoms with Crippen LogP contribution in [-0.4, -0.2) is 53.5 Å². The molecule has 0 unspecified atom stereocenters. The van der Waals surface area contributed by atoms with E-state index in [0.717, 1.165) is 24.8 Å². The molecule has 1 aliphatic carbocycles. The van der Waals surface area contributed by atoms with Gasteiger partial charge in [-0.05, 0) is 36.5 Å². The van der Waals surface area contributed by atoms with Crippen LogP contribution in [0.4, 0.5) is 5.69 Å². The summed E-state index contributed by atoms with van der Waals surface area (Å²) >= 11 is 0. The fraction of sp³-hybridized carbons (Fsp3) is 0.452. The molecule has 1 spiro atoms. The largest absolute Gasteiger partial charge is 0.497 e. The van der Waals surface area contributed by atoms with Gasteiger partial charge in [0.05, 0.1) is 25.0 Å². The summed E-state index contributed by atoms with van der Waals surface area (Å²) < 4.78 is 11.8. The highest BCUT2D eigenvalue weighted by molar-refractivity contribution is 6.02. The summed E-state index contributed by atoms with van der Waals surface area (Å²) in [6.07, 6.45) is 7.36. The maximum Gasteiger partial charge on any atom is 0.246 e. The highest BCUT2D eigenvalue weighted by Crippen LogP contribution is 2.55. The third kappa shape index (κ3) is 4.40. The second-order valence-electron chi connectivity index (χ2n) is 11.3.